The van der Waals surface area contributed by atoms with Gasteiger partial charge in [0.2, 0.25) is 0 Å². The van der Waals surface area contributed by atoms with Gasteiger partial charge in [-0.05, 0) is 47.1 Å². The number of aromatic nitrogens is 1. The highest BCUT2D eigenvalue weighted by Gasteiger charge is 2.17. The van der Waals surface area contributed by atoms with Crippen LogP contribution in [0.4, 0.5) is 0 Å². The monoisotopic (exact) mass is 299 g/mol. The third kappa shape index (κ3) is 6.15. The van der Waals surface area contributed by atoms with Crippen molar-refractivity contribution >= 4 is 15.9 Å². The van der Waals surface area contributed by atoms with Gasteiger partial charge in [0.25, 0.3) is 0 Å². The number of nitrogens with one attached hydrogen (secondary N) is 1. The molecule has 1 rings (SSSR count). The zero-order valence-electron chi connectivity index (χ0n) is 11.1. The van der Waals surface area contributed by atoms with Crippen LogP contribution in [0.15, 0.2) is 22.9 Å². The molecule has 96 valence electrons. The number of halogens is 1. The SMILES string of the molecule is CN(C)CC(C)(C)CNCc1cncc(Br)c1. The Morgan fingerprint density at radius 3 is 2.65 bits per heavy atom. The molecule has 1 aromatic heterocycles. The van der Waals surface area contributed by atoms with E-state index in [4.69, 9.17) is 0 Å². The van der Waals surface area contributed by atoms with E-state index in [9.17, 15) is 0 Å². The summed E-state index contributed by atoms with van der Waals surface area (Å²) in [6.45, 7) is 7.50. The normalized spacial score (nSPS) is 12.1. The third-order valence-corrected chi connectivity index (χ3v) is 2.87. The van der Waals surface area contributed by atoms with Crippen LogP contribution < -0.4 is 5.32 Å². The molecule has 0 bridgehead atoms. The van der Waals surface area contributed by atoms with Crippen LogP contribution in [0, 0.1) is 5.41 Å². The highest BCUT2D eigenvalue weighted by Crippen LogP contribution is 2.15. The lowest BCUT2D eigenvalue weighted by atomic mass is 9.93. The number of pyridine rings is 1. The molecule has 1 aromatic rings. The molecule has 17 heavy (non-hydrogen) atoms. The van der Waals surface area contributed by atoms with Gasteiger partial charge in [0.15, 0.2) is 0 Å². The molecule has 1 N–H and O–H groups in total. The van der Waals surface area contributed by atoms with Crippen molar-refractivity contribution in [2.45, 2.75) is 20.4 Å². The van der Waals surface area contributed by atoms with Gasteiger partial charge >= 0.3 is 0 Å². The maximum Gasteiger partial charge on any atom is 0.0410 e. The first-order valence-corrected chi connectivity index (χ1v) is 6.63. The molecular weight excluding hydrogens is 278 g/mol. The van der Waals surface area contributed by atoms with Gasteiger partial charge in [0, 0.05) is 36.5 Å². The average molecular weight is 300 g/mol. The Labute approximate surface area is 113 Å². The van der Waals surface area contributed by atoms with Crippen molar-refractivity contribution < 1.29 is 0 Å². The zero-order chi connectivity index (χ0) is 12.9. The van der Waals surface area contributed by atoms with Crippen LogP contribution in [0.5, 0.6) is 0 Å². The Hall–Kier alpha value is -0.450. The largest absolute Gasteiger partial charge is 0.312 e. The summed E-state index contributed by atoms with van der Waals surface area (Å²) in [6.07, 6.45) is 3.70. The molecule has 0 amide bonds. The summed E-state index contributed by atoms with van der Waals surface area (Å²) in [6, 6.07) is 2.10. The van der Waals surface area contributed by atoms with Crippen LogP contribution in [-0.4, -0.2) is 37.1 Å². The van der Waals surface area contributed by atoms with Crippen molar-refractivity contribution in [2.75, 3.05) is 27.2 Å². The maximum absolute atomic E-state index is 4.15. The fourth-order valence-electron chi connectivity index (χ4n) is 2.01. The zero-order valence-corrected chi connectivity index (χ0v) is 12.7. The van der Waals surface area contributed by atoms with E-state index in [1.807, 2.05) is 6.20 Å². The first-order valence-electron chi connectivity index (χ1n) is 5.84. The van der Waals surface area contributed by atoms with E-state index in [-0.39, 0.29) is 5.41 Å². The summed E-state index contributed by atoms with van der Waals surface area (Å²) >= 11 is 3.43. The van der Waals surface area contributed by atoms with E-state index in [0.717, 1.165) is 24.1 Å². The van der Waals surface area contributed by atoms with Crippen molar-refractivity contribution in [2.24, 2.45) is 5.41 Å². The first kappa shape index (κ1) is 14.6. The van der Waals surface area contributed by atoms with Gasteiger partial charge in [-0.2, -0.15) is 0 Å². The van der Waals surface area contributed by atoms with Gasteiger partial charge in [-0.25, -0.2) is 0 Å². The number of rotatable bonds is 6. The van der Waals surface area contributed by atoms with E-state index in [1.165, 1.54) is 5.56 Å². The number of hydrogen-bond acceptors (Lipinski definition) is 3. The predicted octanol–water partition coefficient (Wildman–Crippen LogP) is 2.52. The quantitative estimate of drug-likeness (QED) is 0.875. The third-order valence-electron chi connectivity index (χ3n) is 2.44. The molecule has 0 saturated carbocycles. The average Bonchev–Trinajstić information content (AvgIpc) is 2.15. The van der Waals surface area contributed by atoms with E-state index in [0.29, 0.717) is 0 Å². The minimum absolute atomic E-state index is 0.281. The minimum Gasteiger partial charge on any atom is -0.312 e. The van der Waals surface area contributed by atoms with Gasteiger partial charge in [0.05, 0.1) is 0 Å². The smallest absolute Gasteiger partial charge is 0.0410 e. The van der Waals surface area contributed by atoms with Crippen LogP contribution in [0.1, 0.15) is 19.4 Å². The van der Waals surface area contributed by atoms with Crippen molar-refractivity contribution in [3.8, 4) is 0 Å². The van der Waals surface area contributed by atoms with Crippen molar-refractivity contribution in [3.63, 3.8) is 0 Å². The molecular formula is C13H22BrN3. The molecule has 1 heterocycles. The number of hydrogen-bond donors (Lipinski definition) is 1. The van der Waals surface area contributed by atoms with Crippen LogP contribution >= 0.6 is 15.9 Å². The molecule has 0 aromatic carbocycles. The van der Waals surface area contributed by atoms with E-state index < -0.39 is 0 Å². The Morgan fingerprint density at radius 1 is 1.35 bits per heavy atom. The highest BCUT2D eigenvalue weighted by molar-refractivity contribution is 9.10. The summed E-state index contributed by atoms with van der Waals surface area (Å²) in [5.41, 5.74) is 1.49. The summed E-state index contributed by atoms with van der Waals surface area (Å²) in [5, 5.41) is 3.49. The second-order valence-electron chi connectivity index (χ2n) is 5.52. The molecule has 0 aliphatic rings. The second-order valence-corrected chi connectivity index (χ2v) is 6.43. The fraction of sp³-hybridized carbons (Fsp3) is 0.615. The van der Waals surface area contributed by atoms with Crippen molar-refractivity contribution in [1.29, 1.82) is 0 Å². The Bertz CT molecular complexity index is 350. The van der Waals surface area contributed by atoms with Gasteiger partial charge in [0.1, 0.15) is 0 Å². The fourth-order valence-corrected chi connectivity index (χ4v) is 2.42. The standard InChI is InChI=1S/C13H22BrN3/c1-13(2,10-17(3)4)9-16-7-11-5-12(14)8-15-6-11/h5-6,8,16H,7,9-10H2,1-4H3. The second kappa shape index (κ2) is 6.47. The molecule has 3 nitrogen and oxygen atoms in total. The van der Waals surface area contributed by atoms with E-state index in [1.54, 1.807) is 6.20 Å². The summed E-state index contributed by atoms with van der Waals surface area (Å²) in [4.78, 5) is 6.38. The van der Waals surface area contributed by atoms with Crippen LogP contribution in [0.3, 0.4) is 0 Å². The molecule has 0 aliphatic heterocycles. The van der Waals surface area contributed by atoms with Crippen LogP contribution in [0.25, 0.3) is 0 Å². The van der Waals surface area contributed by atoms with Crippen LogP contribution in [-0.2, 0) is 6.54 Å². The molecule has 0 unspecified atom stereocenters. The molecule has 0 spiro atoms. The molecule has 4 heteroatoms. The maximum atomic E-state index is 4.15. The van der Waals surface area contributed by atoms with E-state index in [2.05, 4.69) is 65.1 Å². The molecule has 0 radical (unpaired) electrons. The minimum atomic E-state index is 0.281. The Morgan fingerprint density at radius 2 is 2.06 bits per heavy atom. The summed E-state index contributed by atoms with van der Waals surface area (Å²) < 4.78 is 1.03. The van der Waals surface area contributed by atoms with Gasteiger partial charge in [-0.15, -0.1) is 0 Å². The Balaban J connectivity index is 2.37. The first-order chi connectivity index (χ1) is 7.89. The predicted molar refractivity (Wildman–Crippen MR) is 76.0 cm³/mol. The summed E-state index contributed by atoms with van der Waals surface area (Å²) in [5.74, 6) is 0. The van der Waals surface area contributed by atoms with E-state index >= 15 is 0 Å². The molecule has 0 aliphatic carbocycles. The lowest BCUT2D eigenvalue weighted by Crippen LogP contribution is -2.37. The topological polar surface area (TPSA) is 28.2 Å². The van der Waals surface area contributed by atoms with Crippen molar-refractivity contribution in [3.05, 3.63) is 28.5 Å². The van der Waals surface area contributed by atoms with Gasteiger partial charge in [-0.1, -0.05) is 13.8 Å². The number of nitrogens with zero attached hydrogens (tertiary/aromatic N) is 2. The summed E-state index contributed by atoms with van der Waals surface area (Å²) in [7, 11) is 4.22. The Kier molecular flexibility index (Phi) is 5.56. The lowest BCUT2D eigenvalue weighted by molar-refractivity contribution is 0.232. The highest BCUT2D eigenvalue weighted by atomic mass is 79.9. The van der Waals surface area contributed by atoms with Crippen molar-refractivity contribution in [1.82, 2.24) is 15.2 Å². The molecule has 0 fully saturated rings. The van der Waals surface area contributed by atoms with Gasteiger partial charge in [-0.3, -0.25) is 4.98 Å². The molecule has 0 atom stereocenters. The molecule has 0 saturated heterocycles. The van der Waals surface area contributed by atoms with Gasteiger partial charge < -0.3 is 10.2 Å². The lowest BCUT2D eigenvalue weighted by Gasteiger charge is -2.28. The van der Waals surface area contributed by atoms with Crippen LogP contribution in [0.2, 0.25) is 0 Å².